The number of halogens is 2. The number of H-pyrrole nitrogens is 1. The molecule has 2 rings (SSSR count). The van der Waals surface area contributed by atoms with E-state index >= 15 is 0 Å². The van der Waals surface area contributed by atoms with E-state index in [0.717, 1.165) is 6.07 Å². The lowest BCUT2D eigenvalue weighted by Crippen LogP contribution is -2.22. The maximum atomic E-state index is 13.7. The Kier molecular flexibility index (Phi) is 2.38. The van der Waals surface area contributed by atoms with Crippen molar-refractivity contribution in [2.24, 2.45) is 0 Å². The van der Waals surface area contributed by atoms with Crippen LogP contribution < -0.4 is 0 Å². The smallest absolute Gasteiger partial charge is 0.184 e. The Morgan fingerprint density at radius 3 is 2.44 bits per heavy atom. The van der Waals surface area contributed by atoms with E-state index in [-0.39, 0.29) is 5.52 Å². The van der Waals surface area contributed by atoms with Gasteiger partial charge in [0, 0.05) is 5.54 Å². The molecule has 16 heavy (non-hydrogen) atoms. The Hall–Kier alpha value is -1.23. The van der Waals surface area contributed by atoms with Crippen LogP contribution in [0.1, 0.15) is 20.8 Å². The molecule has 2 nitrogen and oxygen atoms in total. The van der Waals surface area contributed by atoms with E-state index in [0.29, 0.717) is 10.3 Å². The fourth-order valence-electron chi connectivity index (χ4n) is 1.77. The van der Waals surface area contributed by atoms with E-state index in [1.165, 1.54) is 6.07 Å². The van der Waals surface area contributed by atoms with Gasteiger partial charge in [-0.25, -0.2) is 8.78 Å². The molecule has 1 aromatic heterocycles. The van der Waals surface area contributed by atoms with Crippen LogP contribution in [0.2, 0.25) is 0 Å². The quantitative estimate of drug-likeness (QED) is 0.698. The van der Waals surface area contributed by atoms with Crippen LogP contribution >= 0.6 is 12.2 Å². The first kappa shape index (κ1) is 11.3. The maximum absolute atomic E-state index is 13.7. The number of benzene rings is 1. The first-order valence-corrected chi connectivity index (χ1v) is 5.32. The van der Waals surface area contributed by atoms with Gasteiger partial charge in [0.1, 0.15) is 5.52 Å². The predicted molar refractivity (Wildman–Crippen MR) is 62.0 cm³/mol. The monoisotopic (exact) mass is 242 g/mol. The van der Waals surface area contributed by atoms with Crippen molar-refractivity contribution in [3.8, 4) is 0 Å². The zero-order valence-electron chi connectivity index (χ0n) is 9.27. The lowest BCUT2D eigenvalue weighted by Gasteiger charge is -2.22. The molecule has 0 aliphatic rings. The Morgan fingerprint density at radius 1 is 1.25 bits per heavy atom. The largest absolute Gasteiger partial charge is 0.330 e. The van der Waals surface area contributed by atoms with E-state index in [4.69, 9.17) is 12.2 Å². The van der Waals surface area contributed by atoms with Gasteiger partial charge < -0.3 is 9.55 Å². The molecule has 0 radical (unpaired) electrons. The third-order valence-corrected chi connectivity index (χ3v) is 2.69. The second-order valence-electron chi connectivity index (χ2n) is 4.69. The van der Waals surface area contributed by atoms with Crippen molar-refractivity contribution < 1.29 is 8.78 Å². The number of fused-ring (bicyclic) bond motifs is 1. The van der Waals surface area contributed by atoms with E-state index in [2.05, 4.69) is 4.98 Å². The molecule has 0 saturated carbocycles. The third kappa shape index (κ3) is 1.55. The summed E-state index contributed by atoms with van der Waals surface area (Å²) < 4.78 is 28.9. The van der Waals surface area contributed by atoms with Crippen LogP contribution in [0.4, 0.5) is 8.78 Å². The number of rotatable bonds is 0. The fraction of sp³-hybridized carbons (Fsp3) is 0.364. The topological polar surface area (TPSA) is 20.7 Å². The number of imidazole rings is 1. The standard InChI is InChI=1S/C11H12F2N2S/c1-11(2,3)15-9-7(14-10(15)16)5-4-6(12)8(9)13/h4-5H,1-3H3,(H,14,16). The first-order valence-electron chi connectivity index (χ1n) is 4.91. The van der Waals surface area contributed by atoms with Crippen molar-refractivity contribution in [2.75, 3.05) is 0 Å². The van der Waals surface area contributed by atoms with Gasteiger partial charge in [-0.2, -0.15) is 0 Å². The van der Waals surface area contributed by atoms with Gasteiger partial charge in [0.2, 0.25) is 0 Å². The van der Waals surface area contributed by atoms with Gasteiger partial charge in [-0.05, 0) is 45.1 Å². The second kappa shape index (κ2) is 3.38. The normalized spacial score (nSPS) is 12.3. The molecule has 0 saturated heterocycles. The molecular weight excluding hydrogens is 230 g/mol. The molecule has 0 spiro atoms. The van der Waals surface area contributed by atoms with Gasteiger partial charge in [-0.15, -0.1) is 0 Å². The van der Waals surface area contributed by atoms with Crippen LogP contribution in [0.5, 0.6) is 0 Å². The average Bonchev–Trinajstić information content (AvgIpc) is 2.48. The van der Waals surface area contributed by atoms with Crippen LogP contribution in [0.25, 0.3) is 11.0 Å². The Balaban J connectivity index is 2.99. The van der Waals surface area contributed by atoms with Crippen molar-refractivity contribution in [2.45, 2.75) is 26.3 Å². The Morgan fingerprint density at radius 2 is 1.88 bits per heavy atom. The average molecular weight is 242 g/mol. The van der Waals surface area contributed by atoms with Crippen molar-refractivity contribution in [1.82, 2.24) is 9.55 Å². The highest BCUT2D eigenvalue weighted by atomic mass is 32.1. The molecule has 2 aromatic rings. The van der Waals surface area contributed by atoms with Crippen LogP contribution in [0.15, 0.2) is 12.1 Å². The summed E-state index contributed by atoms with van der Waals surface area (Å²) in [7, 11) is 0. The molecule has 86 valence electrons. The van der Waals surface area contributed by atoms with Gasteiger partial charge in [0.25, 0.3) is 0 Å². The van der Waals surface area contributed by atoms with Gasteiger partial charge in [-0.3, -0.25) is 0 Å². The Labute approximate surface area is 96.9 Å². The van der Waals surface area contributed by atoms with Crippen LogP contribution in [0, 0.1) is 16.4 Å². The fourth-order valence-corrected chi connectivity index (χ4v) is 2.25. The summed E-state index contributed by atoms with van der Waals surface area (Å²) in [5.41, 5.74) is 0.306. The molecule has 1 heterocycles. The summed E-state index contributed by atoms with van der Waals surface area (Å²) in [4.78, 5) is 2.87. The predicted octanol–water partition coefficient (Wildman–Crippen LogP) is 3.73. The minimum absolute atomic E-state index is 0.192. The minimum Gasteiger partial charge on any atom is -0.330 e. The number of nitrogens with zero attached hydrogens (tertiary/aromatic N) is 1. The van der Waals surface area contributed by atoms with Crippen LogP contribution in [-0.2, 0) is 5.54 Å². The lowest BCUT2D eigenvalue weighted by atomic mass is 10.1. The molecule has 5 heteroatoms. The lowest BCUT2D eigenvalue weighted by molar-refractivity contribution is 0.397. The highest BCUT2D eigenvalue weighted by molar-refractivity contribution is 7.71. The number of hydrogen-bond donors (Lipinski definition) is 1. The van der Waals surface area contributed by atoms with E-state index < -0.39 is 17.2 Å². The molecule has 0 amide bonds. The molecular formula is C11H12F2N2S. The van der Waals surface area contributed by atoms with Crippen LogP contribution in [-0.4, -0.2) is 9.55 Å². The van der Waals surface area contributed by atoms with E-state index in [1.54, 1.807) is 4.57 Å². The molecule has 0 unspecified atom stereocenters. The SMILES string of the molecule is CC(C)(C)n1c(=S)[nH]c2ccc(F)c(F)c21. The highest BCUT2D eigenvalue weighted by Crippen LogP contribution is 2.26. The van der Waals surface area contributed by atoms with Gasteiger partial charge in [-0.1, -0.05) is 0 Å². The summed E-state index contributed by atoms with van der Waals surface area (Å²) in [6.07, 6.45) is 0. The molecule has 0 fully saturated rings. The van der Waals surface area contributed by atoms with Crippen molar-refractivity contribution in [1.29, 1.82) is 0 Å². The summed E-state index contributed by atoms with van der Waals surface area (Å²) >= 11 is 5.12. The summed E-state index contributed by atoms with van der Waals surface area (Å²) in [5, 5.41) is 0. The molecule has 0 aliphatic carbocycles. The van der Waals surface area contributed by atoms with Crippen molar-refractivity contribution >= 4 is 23.3 Å². The third-order valence-electron chi connectivity index (χ3n) is 2.41. The van der Waals surface area contributed by atoms with Gasteiger partial charge in [0.05, 0.1) is 5.52 Å². The zero-order valence-corrected chi connectivity index (χ0v) is 10.1. The first-order chi connectivity index (χ1) is 7.32. The summed E-state index contributed by atoms with van der Waals surface area (Å²) in [5.74, 6) is -1.72. The summed E-state index contributed by atoms with van der Waals surface area (Å²) in [6.45, 7) is 5.67. The highest BCUT2D eigenvalue weighted by Gasteiger charge is 2.21. The number of nitrogens with one attached hydrogen (secondary N) is 1. The zero-order chi connectivity index (χ0) is 12.1. The van der Waals surface area contributed by atoms with Gasteiger partial charge in [0.15, 0.2) is 16.4 Å². The molecule has 1 aromatic carbocycles. The van der Waals surface area contributed by atoms with Crippen molar-refractivity contribution in [3.05, 3.63) is 28.5 Å². The van der Waals surface area contributed by atoms with Crippen LogP contribution in [0.3, 0.4) is 0 Å². The Bertz CT molecular complexity index is 605. The number of aromatic nitrogens is 2. The van der Waals surface area contributed by atoms with E-state index in [1.807, 2.05) is 20.8 Å². The molecule has 0 aliphatic heterocycles. The van der Waals surface area contributed by atoms with E-state index in [9.17, 15) is 8.78 Å². The minimum atomic E-state index is -0.862. The molecule has 0 atom stereocenters. The number of hydrogen-bond acceptors (Lipinski definition) is 1. The van der Waals surface area contributed by atoms with Crippen molar-refractivity contribution in [3.63, 3.8) is 0 Å². The van der Waals surface area contributed by atoms with Gasteiger partial charge >= 0.3 is 0 Å². The number of aromatic amines is 1. The summed E-state index contributed by atoms with van der Waals surface area (Å²) in [6, 6.07) is 2.59. The maximum Gasteiger partial charge on any atom is 0.184 e. The molecule has 1 N–H and O–H groups in total. The molecule has 0 bridgehead atoms. The second-order valence-corrected chi connectivity index (χ2v) is 5.08.